The van der Waals surface area contributed by atoms with Gasteiger partial charge in [0.1, 0.15) is 0 Å². The smallest absolute Gasteiger partial charge is 0.338 e. The minimum Gasteiger partial charge on any atom is -0.452 e. The van der Waals surface area contributed by atoms with Gasteiger partial charge in [0.15, 0.2) is 6.61 Å². The number of esters is 1. The van der Waals surface area contributed by atoms with E-state index in [9.17, 15) is 18.0 Å². The van der Waals surface area contributed by atoms with E-state index in [0.29, 0.717) is 24.9 Å². The zero-order chi connectivity index (χ0) is 20.0. The van der Waals surface area contributed by atoms with Crippen molar-refractivity contribution < 1.29 is 22.7 Å². The van der Waals surface area contributed by atoms with Gasteiger partial charge in [0.05, 0.1) is 17.0 Å². The van der Waals surface area contributed by atoms with E-state index in [1.165, 1.54) is 24.3 Å². The van der Waals surface area contributed by atoms with Gasteiger partial charge in [-0.15, -0.1) is 6.42 Å². The third-order valence-electron chi connectivity index (χ3n) is 4.29. The lowest BCUT2D eigenvalue weighted by Crippen LogP contribution is -2.44. The van der Waals surface area contributed by atoms with Crippen LogP contribution in [0.4, 0.5) is 0 Å². The zero-order valence-electron chi connectivity index (χ0n) is 15.5. The number of amides is 1. The first-order valence-electron chi connectivity index (χ1n) is 8.71. The van der Waals surface area contributed by atoms with Gasteiger partial charge in [0.25, 0.3) is 5.91 Å². The lowest BCUT2D eigenvalue weighted by Gasteiger charge is -2.34. The number of terminal acetylenes is 1. The number of nitrogens with zero attached hydrogens (tertiary/aromatic N) is 1. The lowest BCUT2D eigenvalue weighted by molar-refractivity contribution is -0.137. The van der Waals surface area contributed by atoms with E-state index in [4.69, 9.17) is 11.2 Å². The first kappa shape index (κ1) is 20.9. The predicted octanol–water partition coefficient (Wildman–Crippen LogP) is 1.26. The summed E-state index contributed by atoms with van der Waals surface area (Å²) in [5.74, 6) is 1.99. The van der Waals surface area contributed by atoms with E-state index in [0.717, 1.165) is 6.42 Å². The number of nitrogens with one attached hydrogen (secondary N) is 1. The minimum atomic E-state index is -3.81. The molecule has 7 nitrogen and oxygen atoms in total. The Bertz CT molecular complexity index is 834. The summed E-state index contributed by atoms with van der Waals surface area (Å²) in [6.45, 7) is 4.94. The number of hydrogen-bond donors (Lipinski definition) is 1. The highest BCUT2D eigenvalue weighted by atomic mass is 32.2. The number of likely N-dealkylation sites (tertiary alicyclic amines) is 1. The quantitative estimate of drug-likeness (QED) is 0.581. The molecule has 1 aromatic carbocycles. The van der Waals surface area contributed by atoms with Crippen LogP contribution in [0.25, 0.3) is 0 Å². The van der Waals surface area contributed by atoms with Crippen LogP contribution in [0.2, 0.25) is 0 Å². The van der Waals surface area contributed by atoms with Crippen LogP contribution in [0.1, 0.15) is 30.6 Å². The van der Waals surface area contributed by atoms with Crippen LogP contribution in [-0.4, -0.2) is 51.4 Å². The second kappa shape index (κ2) is 9.02. The maximum absolute atomic E-state index is 12.3. The normalized spacial score (nSPS) is 20.0. The van der Waals surface area contributed by atoms with Crippen molar-refractivity contribution in [3.63, 3.8) is 0 Å². The Hall–Kier alpha value is -2.37. The summed E-state index contributed by atoms with van der Waals surface area (Å²) in [7, 11) is -3.81. The summed E-state index contributed by atoms with van der Waals surface area (Å²) in [6.07, 6.45) is 6.12. The van der Waals surface area contributed by atoms with Gasteiger partial charge in [0.2, 0.25) is 10.0 Å². The summed E-state index contributed by atoms with van der Waals surface area (Å²) >= 11 is 0. The van der Waals surface area contributed by atoms with Gasteiger partial charge in [-0.3, -0.25) is 4.79 Å². The second-order valence-corrected chi connectivity index (χ2v) is 8.64. The van der Waals surface area contributed by atoms with E-state index < -0.39 is 16.0 Å². The highest BCUT2D eigenvalue weighted by Gasteiger charge is 2.26. The fourth-order valence-corrected chi connectivity index (χ4v) is 4.16. The molecule has 1 amide bonds. The lowest BCUT2D eigenvalue weighted by atomic mass is 9.92. The highest BCUT2D eigenvalue weighted by Crippen LogP contribution is 2.21. The van der Waals surface area contributed by atoms with Gasteiger partial charge in [-0.2, -0.15) is 4.72 Å². The van der Waals surface area contributed by atoms with Crippen LogP contribution in [-0.2, 0) is 19.6 Å². The molecule has 0 aromatic heterocycles. The van der Waals surface area contributed by atoms with Crippen LogP contribution in [0, 0.1) is 24.2 Å². The molecule has 0 spiro atoms. The molecule has 1 aliphatic rings. The molecular weight excluding hydrogens is 368 g/mol. The molecule has 146 valence electrons. The third kappa shape index (κ3) is 5.81. The van der Waals surface area contributed by atoms with Crippen molar-refractivity contribution in [3.05, 3.63) is 29.8 Å². The van der Waals surface area contributed by atoms with Crippen molar-refractivity contribution >= 4 is 21.9 Å². The standard InChI is InChI=1S/C19H24N2O5S/c1-4-8-20-27(24,25)17-7-5-6-16(10-17)19(23)26-13-18(22)21-11-14(2)9-15(3)12-21/h1,5-7,10,14-15,20H,8-9,11-13H2,2-3H3/t14-,15-/m0/s1. The SMILES string of the molecule is C#CCNS(=O)(=O)c1cccc(C(=O)OCC(=O)N2C[C@@H](C)C[C@H](C)C2)c1. The number of sulfonamides is 1. The van der Waals surface area contributed by atoms with Crippen LogP contribution < -0.4 is 4.72 Å². The van der Waals surface area contributed by atoms with Gasteiger partial charge >= 0.3 is 5.97 Å². The number of piperidine rings is 1. The molecule has 1 heterocycles. The van der Waals surface area contributed by atoms with Crippen LogP contribution in [0.3, 0.4) is 0 Å². The number of carbonyl (C=O) groups is 2. The topological polar surface area (TPSA) is 92.8 Å². The Labute approximate surface area is 160 Å². The molecule has 0 saturated carbocycles. The van der Waals surface area contributed by atoms with Gasteiger partial charge < -0.3 is 9.64 Å². The third-order valence-corrected chi connectivity index (χ3v) is 5.69. The molecule has 0 unspecified atom stereocenters. The Balaban J connectivity index is 1.99. The number of ether oxygens (including phenoxy) is 1. The number of carbonyl (C=O) groups excluding carboxylic acids is 2. The van der Waals surface area contributed by atoms with Crippen molar-refractivity contribution in [2.45, 2.75) is 25.2 Å². The fourth-order valence-electron chi connectivity index (χ4n) is 3.18. The van der Waals surface area contributed by atoms with Crippen molar-refractivity contribution in [1.29, 1.82) is 0 Å². The molecule has 2 rings (SSSR count). The Morgan fingerprint density at radius 1 is 1.30 bits per heavy atom. The van der Waals surface area contributed by atoms with Crippen molar-refractivity contribution in [2.24, 2.45) is 11.8 Å². The van der Waals surface area contributed by atoms with Gasteiger partial charge in [0, 0.05) is 13.1 Å². The number of hydrogen-bond acceptors (Lipinski definition) is 5. The van der Waals surface area contributed by atoms with E-state index in [-0.39, 0.29) is 29.5 Å². The average Bonchev–Trinajstić information content (AvgIpc) is 2.63. The average molecular weight is 392 g/mol. The molecule has 0 radical (unpaired) electrons. The van der Waals surface area contributed by atoms with Crippen LogP contribution in [0.5, 0.6) is 0 Å². The fraction of sp³-hybridized carbons (Fsp3) is 0.474. The monoisotopic (exact) mass is 392 g/mol. The summed E-state index contributed by atoms with van der Waals surface area (Å²) < 4.78 is 31.5. The second-order valence-electron chi connectivity index (χ2n) is 6.88. The van der Waals surface area contributed by atoms with Gasteiger partial charge in [-0.1, -0.05) is 25.8 Å². The van der Waals surface area contributed by atoms with Crippen LogP contribution in [0.15, 0.2) is 29.2 Å². The largest absolute Gasteiger partial charge is 0.452 e. The highest BCUT2D eigenvalue weighted by molar-refractivity contribution is 7.89. The molecule has 0 aliphatic carbocycles. The Morgan fingerprint density at radius 3 is 2.59 bits per heavy atom. The molecule has 2 atom stereocenters. The van der Waals surface area contributed by atoms with Crippen molar-refractivity contribution in [3.8, 4) is 12.3 Å². The molecule has 1 aromatic rings. The molecule has 8 heteroatoms. The van der Waals surface area contributed by atoms with Crippen LogP contribution >= 0.6 is 0 Å². The molecule has 0 bridgehead atoms. The molecule has 1 fully saturated rings. The number of benzene rings is 1. The van der Waals surface area contributed by atoms with Gasteiger partial charge in [-0.05, 0) is 36.5 Å². The maximum Gasteiger partial charge on any atom is 0.338 e. The maximum atomic E-state index is 12.3. The summed E-state index contributed by atoms with van der Waals surface area (Å²) in [4.78, 5) is 26.1. The zero-order valence-corrected chi connectivity index (χ0v) is 16.3. The van der Waals surface area contributed by atoms with E-state index in [1.54, 1.807) is 4.90 Å². The first-order chi connectivity index (χ1) is 12.7. The van der Waals surface area contributed by atoms with E-state index >= 15 is 0 Å². The molecular formula is C19H24N2O5S. The molecule has 27 heavy (non-hydrogen) atoms. The Kier molecular flexibility index (Phi) is 6.99. The van der Waals surface area contributed by atoms with E-state index in [2.05, 4.69) is 24.5 Å². The molecule has 1 saturated heterocycles. The summed E-state index contributed by atoms with van der Waals surface area (Å²) in [6, 6.07) is 5.39. The van der Waals surface area contributed by atoms with Gasteiger partial charge in [-0.25, -0.2) is 13.2 Å². The summed E-state index contributed by atoms with van der Waals surface area (Å²) in [5.41, 5.74) is 0.0479. The Morgan fingerprint density at radius 2 is 1.96 bits per heavy atom. The van der Waals surface area contributed by atoms with Crippen molar-refractivity contribution in [1.82, 2.24) is 9.62 Å². The molecule has 1 N–H and O–H groups in total. The molecule has 1 aliphatic heterocycles. The number of rotatable bonds is 6. The predicted molar refractivity (Wildman–Crippen MR) is 100 cm³/mol. The minimum absolute atomic E-state index is 0.0479. The first-order valence-corrected chi connectivity index (χ1v) is 10.2. The summed E-state index contributed by atoms with van der Waals surface area (Å²) in [5, 5.41) is 0. The van der Waals surface area contributed by atoms with E-state index in [1.807, 2.05) is 0 Å². The van der Waals surface area contributed by atoms with Crippen molar-refractivity contribution in [2.75, 3.05) is 26.2 Å².